The highest BCUT2D eigenvalue weighted by Gasteiger charge is 2.15. The molecule has 2 N–H and O–H groups in total. The van der Waals surface area contributed by atoms with E-state index in [2.05, 4.69) is 29.1 Å². The number of carboxylic acids is 1. The van der Waals surface area contributed by atoms with Crippen LogP contribution in [0.5, 0.6) is 0 Å². The number of carbonyl (C=O) groups is 1. The minimum atomic E-state index is -1.02. The molecule has 0 atom stereocenters. The number of anilines is 1. The van der Waals surface area contributed by atoms with Gasteiger partial charge in [-0.25, -0.2) is 14.8 Å². The van der Waals surface area contributed by atoms with Gasteiger partial charge < -0.3 is 10.4 Å². The lowest BCUT2D eigenvalue weighted by Gasteiger charge is -2.12. The molecule has 1 rings (SSSR count). The third kappa shape index (κ3) is 3.98. The number of hydrogen-bond donors (Lipinski definition) is 2. The Labute approximate surface area is 108 Å². The van der Waals surface area contributed by atoms with E-state index in [-0.39, 0.29) is 11.6 Å². The zero-order valence-corrected chi connectivity index (χ0v) is 11.4. The van der Waals surface area contributed by atoms with Gasteiger partial charge in [0, 0.05) is 12.5 Å². The fraction of sp³-hybridized carbons (Fsp3) is 0.615. The van der Waals surface area contributed by atoms with Crippen molar-refractivity contribution >= 4 is 11.7 Å². The molecule has 0 amide bonds. The standard InChI is InChI=1S/C13H21N3O2/c1-8(2)5-6-14-10-7-15-12(9(3)4)16-11(10)13(17)18/h7-9,14H,5-6H2,1-4H3,(H,17,18). The fourth-order valence-corrected chi connectivity index (χ4v) is 1.46. The van der Waals surface area contributed by atoms with Crippen LogP contribution in [-0.2, 0) is 0 Å². The molecule has 1 aromatic heterocycles. The average molecular weight is 251 g/mol. The second-order valence-electron chi connectivity index (χ2n) is 5.06. The van der Waals surface area contributed by atoms with Crippen molar-refractivity contribution in [3.05, 3.63) is 17.7 Å². The SMILES string of the molecule is CC(C)CCNc1cnc(C(C)C)nc1C(=O)O. The number of aromatic carboxylic acids is 1. The van der Waals surface area contributed by atoms with E-state index in [0.717, 1.165) is 13.0 Å². The second kappa shape index (κ2) is 6.33. The van der Waals surface area contributed by atoms with E-state index in [1.54, 1.807) is 6.20 Å². The Balaban J connectivity index is 2.87. The summed E-state index contributed by atoms with van der Waals surface area (Å²) >= 11 is 0. The van der Waals surface area contributed by atoms with Crippen LogP contribution >= 0.6 is 0 Å². The molecule has 0 aliphatic rings. The van der Waals surface area contributed by atoms with E-state index in [9.17, 15) is 4.79 Å². The molecule has 0 radical (unpaired) electrons. The van der Waals surface area contributed by atoms with Crippen molar-refractivity contribution in [1.82, 2.24) is 9.97 Å². The third-order valence-electron chi connectivity index (χ3n) is 2.56. The normalized spacial score (nSPS) is 11.0. The van der Waals surface area contributed by atoms with Gasteiger partial charge in [-0.2, -0.15) is 0 Å². The van der Waals surface area contributed by atoms with E-state index in [1.807, 2.05) is 13.8 Å². The molecule has 5 heteroatoms. The van der Waals surface area contributed by atoms with Crippen molar-refractivity contribution in [2.75, 3.05) is 11.9 Å². The monoisotopic (exact) mass is 251 g/mol. The van der Waals surface area contributed by atoms with Crippen LogP contribution in [0.4, 0.5) is 5.69 Å². The summed E-state index contributed by atoms with van der Waals surface area (Å²) in [6.45, 7) is 8.85. The van der Waals surface area contributed by atoms with Gasteiger partial charge in [0.1, 0.15) is 5.82 Å². The van der Waals surface area contributed by atoms with Crippen molar-refractivity contribution in [1.29, 1.82) is 0 Å². The Morgan fingerprint density at radius 3 is 2.56 bits per heavy atom. The first-order valence-corrected chi connectivity index (χ1v) is 6.26. The first-order valence-electron chi connectivity index (χ1n) is 6.26. The summed E-state index contributed by atoms with van der Waals surface area (Å²) in [5.41, 5.74) is 0.546. The van der Waals surface area contributed by atoms with E-state index < -0.39 is 5.97 Å². The summed E-state index contributed by atoms with van der Waals surface area (Å²) in [7, 11) is 0. The number of rotatable bonds is 6. The first-order chi connectivity index (χ1) is 8.41. The Morgan fingerprint density at radius 1 is 1.39 bits per heavy atom. The molecule has 0 saturated carbocycles. The van der Waals surface area contributed by atoms with Gasteiger partial charge >= 0.3 is 5.97 Å². The molecule has 0 fully saturated rings. The zero-order valence-electron chi connectivity index (χ0n) is 11.4. The van der Waals surface area contributed by atoms with Crippen molar-refractivity contribution in [3.63, 3.8) is 0 Å². The molecule has 0 aromatic carbocycles. The lowest BCUT2D eigenvalue weighted by Crippen LogP contribution is -2.13. The molecule has 0 saturated heterocycles. The molecule has 0 unspecified atom stereocenters. The van der Waals surface area contributed by atoms with Crippen LogP contribution in [0.1, 0.15) is 56.3 Å². The van der Waals surface area contributed by atoms with Gasteiger partial charge in [0.25, 0.3) is 0 Å². The summed E-state index contributed by atoms with van der Waals surface area (Å²) in [4.78, 5) is 19.4. The number of aromatic nitrogens is 2. The quantitative estimate of drug-likeness (QED) is 0.813. The first kappa shape index (κ1) is 14.4. The Kier molecular flexibility index (Phi) is 5.07. The van der Waals surface area contributed by atoms with E-state index >= 15 is 0 Å². The summed E-state index contributed by atoms with van der Waals surface area (Å²) in [6.07, 6.45) is 2.54. The smallest absolute Gasteiger partial charge is 0.356 e. The van der Waals surface area contributed by atoms with E-state index in [4.69, 9.17) is 5.11 Å². The lowest BCUT2D eigenvalue weighted by atomic mass is 10.1. The van der Waals surface area contributed by atoms with Crippen LogP contribution in [0, 0.1) is 5.92 Å². The fourth-order valence-electron chi connectivity index (χ4n) is 1.46. The number of nitrogens with one attached hydrogen (secondary N) is 1. The second-order valence-corrected chi connectivity index (χ2v) is 5.06. The largest absolute Gasteiger partial charge is 0.476 e. The maximum atomic E-state index is 11.2. The summed E-state index contributed by atoms with van der Waals surface area (Å²) in [5, 5.41) is 12.2. The molecule has 100 valence electrons. The molecular weight excluding hydrogens is 230 g/mol. The summed E-state index contributed by atoms with van der Waals surface area (Å²) < 4.78 is 0. The van der Waals surface area contributed by atoms with Gasteiger partial charge in [-0.3, -0.25) is 0 Å². The molecule has 0 spiro atoms. The summed E-state index contributed by atoms with van der Waals surface area (Å²) in [5.74, 6) is 0.225. The molecule has 0 aliphatic carbocycles. The predicted octanol–water partition coefficient (Wildman–Crippen LogP) is 2.76. The zero-order chi connectivity index (χ0) is 13.7. The molecule has 1 aromatic rings. The Hall–Kier alpha value is -1.65. The van der Waals surface area contributed by atoms with Crippen LogP contribution in [0.3, 0.4) is 0 Å². The predicted molar refractivity (Wildman–Crippen MR) is 71.0 cm³/mol. The van der Waals surface area contributed by atoms with Crippen molar-refractivity contribution in [3.8, 4) is 0 Å². The Morgan fingerprint density at radius 2 is 2.06 bits per heavy atom. The highest BCUT2D eigenvalue weighted by Crippen LogP contribution is 2.16. The minimum Gasteiger partial charge on any atom is -0.476 e. The molecule has 0 aliphatic heterocycles. The molecule has 1 heterocycles. The maximum Gasteiger partial charge on any atom is 0.356 e. The molecule has 5 nitrogen and oxygen atoms in total. The third-order valence-corrected chi connectivity index (χ3v) is 2.56. The van der Waals surface area contributed by atoms with Gasteiger partial charge in [0.2, 0.25) is 0 Å². The minimum absolute atomic E-state index is 0.0532. The summed E-state index contributed by atoms with van der Waals surface area (Å²) in [6, 6.07) is 0. The highest BCUT2D eigenvalue weighted by atomic mass is 16.4. The van der Waals surface area contributed by atoms with E-state index in [1.165, 1.54) is 0 Å². The van der Waals surface area contributed by atoms with Crippen molar-refractivity contribution in [2.24, 2.45) is 5.92 Å². The number of hydrogen-bond acceptors (Lipinski definition) is 4. The van der Waals surface area contributed by atoms with Gasteiger partial charge in [0.05, 0.1) is 11.9 Å². The van der Waals surface area contributed by atoms with Gasteiger partial charge in [-0.1, -0.05) is 27.7 Å². The average Bonchev–Trinajstić information content (AvgIpc) is 2.28. The van der Waals surface area contributed by atoms with E-state index in [0.29, 0.717) is 17.4 Å². The molecular formula is C13H21N3O2. The van der Waals surface area contributed by atoms with Crippen LogP contribution in [0.25, 0.3) is 0 Å². The van der Waals surface area contributed by atoms with Crippen molar-refractivity contribution in [2.45, 2.75) is 40.0 Å². The topological polar surface area (TPSA) is 75.1 Å². The maximum absolute atomic E-state index is 11.2. The van der Waals surface area contributed by atoms with Gasteiger partial charge in [0.15, 0.2) is 5.69 Å². The lowest BCUT2D eigenvalue weighted by molar-refractivity contribution is 0.0691. The molecule has 0 bridgehead atoms. The Bertz CT molecular complexity index is 417. The number of nitrogens with zero attached hydrogens (tertiary/aromatic N) is 2. The molecule has 18 heavy (non-hydrogen) atoms. The van der Waals surface area contributed by atoms with Crippen LogP contribution < -0.4 is 5.32 Å². The van der Waals surface area contributed by atoms with Crippen molar-refractivity contribution < 1.29 is 9.90 Å². The highest BCUT2D eigenvalue weighted by molar-refractivity contribution is 5.91. The number of carboxylic acid groups (broad SMARTS) is 1. The van der Waals surface area contributed by atoms with Crippen LogP contribution in [0.2, 0.25) is 0 Å². The van der Waals surface area contributed by atoms with Crippen LogP contribution in [0.15, 0.2) is 6.20 Å². The van der Waals surface area contributed by atoms with Gasteiger partial charge in [-0.15, -0.1) is 0 Å². The van der Waals surface area contributed by atoms with Gasteiger partial charge in [-0.05, 0) is 12.3 Å². The van der Waals surface area contributed by atoms with Crippen LogP contribution in [-0.4, -0.2) is 27.6 Å².